The van der Waals surface area contributed by atoms with Crippen LogP contribution in [0.1, 0.15) is 35.2 Å². The van der Waals surface area contributed by atoms with Crippen LogP contribution in [0, 0.1) is 5.82 Å². The van der Waals surface area contributed by atoms with Crippen LogP contribution in [0.15, 0.2) is 18.2 Å². The third-order valence-corrected chi connectivity index (χ3v) is 3.47. The van der Waals surface area contributed by atoms with Crippen LogP contribution in [-0.4, -0.2) is 25.0 Å². The second kappa shape index (κ2) is 6.43. The Morgan fingerprint density at radius 1 is 1.33 bits per heavy atom. The highest BCUT2D eigenvalue weighted by Crippen LogP contribution is 2.32. The van der Waals surface area contributed by atoms with Crippen LogP contribution in [0.4, 0.5) is 17.6 Å². The lowest BCUT2D eigenvalue weighted by Gasteiger charge is -2.23. The van der Waals surface area contributed by atoms with Gasteiger partial charge in [-0.1, -0.05) is 12.5 Å². The Bertz CT molecular complexity index is 510. The molecular formula is C14H16F4N2O. The number of carbonyl (C=O) groups excluding carboxylic acids is 1. The van der Waals surface area contributed by atoms with Crippen LogP contribution in [0.2, 0.25) is 0 Å². The molecule has 1 saturated heterocycles. The Balaban J connectivity index is 2.05. The van der Waals surface area contributed by atoms with Crippen molar-refractivity contribution in [2.45, 2.75) is 31.5 Å². The van der Waals surface area contributed by atoms with Crippen LogP contribution in [0.25, 0.3) is 0 Å². The molecule has 0 aromatic heterocycles. The maximum Gasteiger partial charge on any atom is 0.419 e. The molecule has 0 spiro atoms. The monoisotopic (exact) mass is 304 g/mol. The fourth-order valence-electron chi connectivity index (χ4n) is 2.34. The summed E-state index contributed by atoms with van der Waals surface area (Å²) < 4.78 is 51.5. The second-order valence-electron chi connectivity index (χ2n) is 5.02. The van der Waals surface area contributed by atoms with Crippen molar-refractivity contribution in [2.24, 2.45) is 0 Å². The number of halogens is 4. The largest absolute Gasteiger partial charge is 0.419 e. The highest BCUT2D eigenvalue weighted by atomic mass is 19.4. The molecule has 1 aromatic rings. The number of amides is 1. The Hall–Kier alpha value is -1.63. The molecule has 0 saturated carbocycles. The number of hydrogen-bond acceptors (Lipinski definition) is 2. The van der Waals surface area contributed by atoms with E-state index in [1.54, 1.807) is 0 Å². The molecule has 1 unspecified atom stereocenters. The Morgan fingerprint density at radius 3 is 2.71 bits per heavy atom. The first-order chi connectivity index (χ1) is 9.89. The molecule has 2 N–H and O–H groups in total. The topological polar surface area (TPSA) is 41.1 Å². The molecule has 0 bridgehead atoms. The Labute approximate surface area is 119 Å². The van der Waals surface area contributed by atoms with Gasteiger partial charge in [0.25, 0.3) is 5.91 Å². The number of rotatable bonds is 3. The van der Waals surface area contributed by atoms with E-state index < -0.39 is 29.0 Å². The minimum absolute atomic E-state index is 0.0801. The van der Waals surface area contributed by atoms with Crippen LogP contribution < -0.4 is 10.6 Å². The van der Waals surface area contributed by atoms with Gasteiger partial charge in [-0.15, -0.1) is 0 Å². The van der Waals surface area contributed by atoms with Gasteiger partial charge in [0, 0.05) is 12.6 Å². The minimum atomic E-state index is -4.81. The highest BCUT2D eigenvalue weighted by molar-refractivity contribution is 5.94. The van der Waals surface area contributed by atoms with E-state index in [1.165, 1.54) is 0 Å². The predicted octanol–water partition coefficient (Wildman–Crippen LogP) is 2.72. The van der Waals surface area contributed by atoms with Crippen LogP contribution in [0.3, 0.4) is 0 Å². The van der Waals surface area contributed by atoms with Gasteiger partial charge in [0.15, 0.2) is 0 Å². The van der Waals surface area contributed by atoms with Crippen molar-refractivity contribution >= 4 is 5.91 Å². The van der Waals surface area contributed by atoms with E-state index in [0.29, 0.717) is 6.07 Å². The first-order valence-electron chi connectivity index (χ1n) is 6.77. The van der Waals surface area contributed by atoms with E-state index in [4.69, 9.17) is 0 Å². The predicted molar refractivity (Wildman–Crippen MR) is 69.4 cm³/mol. The summed E-state index contributed by atoms with van der Waals surface area (Å²) in [6.45, 7) is 1.12. The van der Waals surface area contributed by atoms with Gasteiger partial charge in [-0.25, -0.2) is 4.39 Å². The zero-order valence-electron chi connectivity index (χ0n) is 11.3. The number of alkyl halides is 3. The van der Waals surface area contributed by atoms with Gasteiger partial charge < -0.3 is 10.6 Å². The molecule has 1 aliphatic rings. The summed E-state index contributed by atoms with van der Waals surface area (Å²) in [6.07, 6.45) is -1.84. The first kappa shape index (κ1) is 15.8. The van der Waals surface area contributed by atoms with Gasteiger partial charge in [0.2, 0.25) is 0 Å². The molecule has 1 fully saturated rings. The molecule has 7 heteroatoms. The van der Waals surface area contributed by atoms with Crippen LogP contribution in [-0.2, 0) is 6.18 Å². The number of carbonyl (C=O) groups is 1. The smallest absolute Gasteiger partial charge is 0.350 e. The van der Waals surface area contributed by atoms with Gasteiger partial charge in [-0.2, -0.15) is 13.2 Å². The molecule has 2 rings (SSSR count). The lowest BCUT2D eigenvalue weighted by atomic mass is 10.0. The standard InChI is InChI=1S/C14H16F4N2O/c15-12-10(5-3-6-11(12)14(16,17)18)13(21)20-8-9-4-1-2-7-19-9/h3,5-6,9,19H,1-2,4,7-8H2,(H,20,21). The van der Waals surface area contributed by atoms with E-state index in [2.05, 4.69) is 10.6 Å². The molecule has 1 atom stereocenters. The number of benzene rings is 1. The fourth-order valence-corrected chi connectivity index (χ4v) is 2.34. The molecular weight excluding hydrogens is 288 g/mol. The zero-order valence-corrected chi connectivity index (χ0v) is 11.3. The molecule has 21 heavy (non-hydrogen) atoms. The van der Waals surface area contributed by atoms with Gasteiger partial charge in [0.1, 0.15) is 5.82 Å². The third kappa shape index (κ3) is 3.93. The SMILES string of the molecule is O=C(NCC1CCCCN1)c1cccc(C(F)(F)F)c1F. The van der Waals surface area contributed by atoms with Gasteiger partial charge in [-0.05, 0) is 31.5 Å². The minimum Gasteiger partial charge on any atom is -0.350 e. The summed E-state index contributed by atoms with van der Waals surface area (Å²) in [5.74, 6) is -2.36. The first-order valence-corrected chi connectivity index (χ1v) is 6.77. The summed E-state index contributed by atoms with van der Waals surface area (Å²) >= 11 is 0. The lowest BCUT2D eigenvalue weighted by Crippen LogP contribution is -2.43. The molecule has 1 amide bonds. The average Bonchev–Trinajstić information content (AvgIpc) is 2.45. The van der Waals surface area contributed by atoms with Crippen molar-refractivity contribution in [2.75, 3.05) is 13.1 Å². The zero-order chi connectivity index (χ0) is 15.5. The molecule has 1 aromatic carbocycles. The lowest BCUT2D eigenvalue weighted by molar-refractivity contribution is -0.140. The van der Waals surface area contributed by atoms with E-state index in [1.807, 2.05) is 0 Å². The number of hydrogen-bond donors (Lipinski definition) is 2. The Morgan fingerprint density at radius 2 is 2.10 bits per heavy atom. The molecule has 1 aliphatic heterocycles. The van der Waals surface area contributed by atoms with Gasteiger partial charge >= 0.3 is 6.18 Å². The summed E-state index contributed by atoms with van der Waals surface area (Å²) in [5.41, 5.74) is -2.01. The van der Waals surface area contributed by atoms with E-state index in [-0.39, 0.29) is 12.6 Å². The fraction of sp³-hybridized carbons (Fsp3) is 0.500. The summed E-state index contributed by atoms with van der Waals surface area (Å²) in [4.78, 5) is 11.8. The molecule has 0 radical (unpaired) electrons. The summed E-state index contributed by atoms with van der Waals surface area (Å²) in [6, 6.07) is 2.78. The third-order valence-electron chi connectivity index (χ3n) is 3.47. The molecule has 0 aliphatic carbocycles. The molecule has 3 nitrogen and oxygen atoms in total. The van der Waals surface area contributed by atoms with Crippen molar-refractivity contribution in [1.29, 1.82) is 0 Å². The Kier molecular flexibility index (Phi) is 4.82. The highest BCUT2D eigenvalue weighted by Gasteiger charge is 2.35. The van der Waals surface area contributed by atoms with Crippen molar-refractivity contribution in [3.05, 3.63) is 35.1 Å². The van der Waals surface area contributed by atoms with Crippen LogP contribution >= 0.6 is 0 Å². The van der Waals surface area contributed by atoms with Crippen molar-refractivity contribution in [3.63, 3.8) is 0 Å². The van der Waals surface area contributed by atoms with Crippen molar-refractivity contribution < 1.29 is 22.4 Å². The molecule has 1 heterocycles. The maximum atomic E-state index is 13.8. The number of piperidine rings is 1. The number of nitrogens with one attached hydrogen (secondary N) is 2. The van der Waals surface area contributed by atoms with Gasteiger partial charge in [-0.3, -0.25) is 4.79 Å². The quantitative estimate of drug-likeness (QED) is 0.843. The average molecular weight is 304 g/mol. The van der Waals surface area contributed by atoms with E-state index in [0.717, 1.165) is 37.9 Å². The molecule has 116 valence electrons. The normalized spacial score (nSPS) is 19.3. The second-order valence-corrected chi connectivity index (χ2v) is 5.02. The van der Waals surface area contributed by atoms with Crippen molar-refractivity contribution in [3.8, 4) is 0 Å². The maximum absolute atomic E-state index is 13.8. The summed E-state index contributed by atoms with van der Waals surface area (Å²) in [7, 11) is 0. The van der Waals surface area contributed by atoms with Crippen LogP contribution in [0.5, 0.6) is 0 Å². The van der Waals surface area contributed by atoms with E-state index in [9.17, 15) is 22.4 Å². The van der Waals surface area contributed by atoms with Gasteiger partial charge in [0.05, 0.1) is 11.1 Å². The van der Waals surface area contributed by atoms with E-state index >= 15 is 0 Å². The summed E-state index contributed by atoms with van der Waals surface area (Å²) in [5, 5.41) is 5.67. The van der Waals surface area contributed by atoms with Crippen molar-refractivity contribution in [1.82, 2.24) is 10.6 Å².